The highest BCUT2D eigenvalue weighted by Gasteiger charge is 2.23. The number of amides is 1. The molecule has 2 rings (SSSR count). The molecule has 0 aliphatic rings. The van der Waals surface area contributed by atoms with E-state index in [1.54, 1.807) is 22.8 Å². The number of nitrogens with zero attached hydrogens (tertiary/aromatic N) is 2. The van der Waals surface area contributed by atoms with Crippen LogP contribution in [0.3, 0.4) is 0 Å². The van der Waals surface area contributed by atoms with Crippen LogP contribution >= 0.6 is 11.8 Å². The number of hydrogen-bond acceptors (Lipinski definition) is 6. The summed E-state index contributed by atoms with van der Waals surface area (Å²) >= 11 is 1.18. The topological polar surface area (TPSA) is 90.3 Å². The van der Waals surface area contributed by atoms with E-state index in [1.807, 2.05) is 33.8 Å². The SMILES string of the molecule is COC(=O)[C@@H](CC(C)C)NC(=O)CSc1nc2ccccc2c(=O)n1C(C)C. The maximum absolute atomic E-state index is 12.8. The van der Waals surface area contributed by atoms with Crippen LogP contribution in [0.2, 0.25) is 0 Å². The molecule has 28 heavy (non-hydrogen) atoms. The van der Waals surface area contributed by atoms with Crippen LogP contribution < -0.4 is 10.9 Å². The van der Waals surface area contributed by atoms with Gasteiger partial charge in [0, 0.05) is 6.04 Å². The Bertz CT molecular complexity index is 908. The summed E-state index contributed by atoms with van der Waals surface area (Å²) in [6, 6.07) is 6.37. The van der Waals surface area contributed by atoms with Crippen molar-refractivity contribution in [3.05, 3.63) is 34.6 Å². The van der Waals surface area contributed by atoms with Crippen LogP contribution in [0.5, 0.6) is 0 Å². The molecule has 0 spiro atoms. The van der Waals surface area contributed by atoms with Crippen LogP contribution in [0.1, 0.15) is 40.2 Å². The molecule has 0 aliphatic carbocycles. The Morgan fingerprint density at radius 2 is 1.89 bits per heavy atom. The van der Waals surface area contributed by atoms with E-state index >= 15 is 0 Å². The molecule has 0 aliphatic heterocycles. The molecular formula is C20H27N3O4S. The molecule has 0 bridgehead atoms. The van der Waals surface area contributed by atoms with Crippen molar-refractivity contribution in [3.63, 3.8) is 0 Å². The quantitative estimate of drug-likeness (QED) is 0.413. The third kappa shape index (κ3) is 5.34. The number of carbonyl (C=O) groups excluding carboxylic acids is 2. The minimum absolute atomic E-state index is 0.0447. The van der Waals surface area contributed by atoms with E-state index in [1.165, 1.54) is 18.9 Å². The highest BCUT2D eigenvalue weighted by atomic mass is 32.2. The molecule has 1 amide bonds. The number of methoxy groups -OCH3 is 1. The summed E-state index contributed by atoms with van der Waals surface area (Å²) in [7, 11) is 1.30. The average molecular weight is 406 g/mol. The van der Waals surface area contributed by atoms with E-state index in [0.29, 0.717) is 22.5 Å². The van der Waals surface area contributed by atoms with Crippen LogP contribution in [0, 0.1) is 5.92 Å². The predicted octanol–water partition coefficient (Wildman–Crippen LogP) is 2.77. The van der Waals surface area contributed by atoms with Gasteiger partial charge in [-0.1, -0.05) is 37.7 Å². The zero-order chi connectivity index (χ0) is 20.8. The van der Waals surface area contributed by atoms with Gasteiger partial charge in [0.25, 0.3) is 5.56 Å². The van der Waals surface area contributed by atoms with Crippen molar-refractivity contribution in [2.45, 2.75) is 51.4 Å². The molecule has 1 heterocycles. The molecule has 0 unspecified atom stereocenters. The van der Waals surface area contributed by atoms with Crippen molar-refractivity contribution in [1.29, 1.82) is 0 Å². The number of ether oxygens (including phenoxy) is 1. The van der Waals surface area contributed by atoms with Crippen LogP contribution in [0.15, 0.2) is 34.2 Å². The number of benzene rings is 1. The Labute approximate surface area is 168 Å². The number of para-hydroxylation sites is 1. The third-order valence-corrected chi connectivity index (χ3v) is 5.10. The van der Waals surface area contributed by atoms with Gasteiger partial charge in [-0.2, -0.15) is 0 Å². The molecule has 7 nitrogen and oxygen atoms in total. The Morgan fingerprint density at radius 1 is 1.21 bits per heavy atom. The molecule has 1 aromatic carbocycles. The van der Waals surface area contributed by atoms with Gasteiger partial charge in [-0.15, -0.1) is 0 Å². The van der Waals surface area contributed by atoms with E-state index in [0.717, 1.165) is 0 Å². The van der Waals surface area contributed by atoms with Gasteiger partial charge in [0.2, 0.25) is 5.91 Å². The minimum Gasteiger partial charge on any atom is -0.467 e. The summed E-state index contributed by atoms with van der Waals surface area (Å²) < 4.78 is 6.36. The fourth-order valence-electron chi connectivity index (χ4n) is 2.88. The van der Waals surface area contributed by atoms with E-state index in [4.69, 9.17) is 4.74 Å². The highest BCUT2D eigenvalue weighted by Crippen LogP contribution is 2.21. The maximum Gasteiger partial charge on any atom is 0.328 e. The predicted molar refractivity (Wildman–Crippen MR) is 111 cm³/mol. The van der Waals surface area contributed by atoms with Crippen molar-refractivity contribution < 1.29 is 14.3 Å². The molecule has 1 atom stereocenters. The first-order valence-electron chi connectivity index (χ1n) is 9.25. The number of rotatable bonds is 8. The summed E-state index contributed by atoms with van der Waals surface area (Å²) in [5.74, 6) is -0.498. The lowest BCUT2D eigenvalue weighted by molar-refractivity contribution is -0.145. The molecule has 8 heteroatoms. The highest BCUT2D eigenvalue weighted by molar-refractivity contribution is 7.99. The first kappa shape index (κ1) is 21.9. The standard InChI is InChI=1S/C20H27N3O4S/c1-12(2)10-16(19(26)27-5)21-17(24)11-28-20-22-15-9-7-6-8-14(15)18(25)23(20)13(3)4/h6-9,12-13,16H,10-11H2,1-5H3,(H,21,24)/t16-/m1/s1. The normalized spacial score (nSPS) is 12.4. The van der Waals surface area contributed by atoms with Gasteiger partial charge in [0.1, 0.15) is 6.04 Å². The van der Waals surface area contributed by atoms with Gasteiger partial charge in [-0.25, -0.2) is 9.78 Å². The number of esters is 1. The molecule has 0 fully saturated rings. The van der Waals surface area contributed by atoms with Gasteiger partial charge in [-0.3, -0.25) is 14.2 Å². The smallest absolute Gasteiger partial charge is 0.328 e. The number of carbonyl (C=O) groups is 2. The summed E-state index contributed by atoms with van der Waals surface area (Å²) in [6.07, 6.45) is 0.494. The number of thioether (sulfide) groups is 1. The van der Waals surface area contributed by atoms with E-state index in [-0.39, 0.29) is 29.2 Å². The largest absolute Gasteiger partial charge is 0.467 e. The van der Waals surface area contributed by atoms with Crippen LogP contribution in [0.4, 0.5) is 0 Å². The Kier molecular flexibility index (Phi) is 7.62. The molecule has 0 saturated carbocycles. The van der Waals surface area contributed by atoms with Gasteiger partial charge < -0.3 is 10.1 Å². The van der Waals surface area contributed by atoms with E-state index in [2.05, 4.69) is 10.3 Å². The Hall–Kier alpha value is -2.35. The maximum atomic E-state index is 12.8. The number of nitrogens with one attached hydrogen (secondary N) is 1. The van der Waals surface area contributed by atoms with Gasteiger partial charge in [0.15, 0.2) is 5.16 Å². The zero-order valence-corrected chi connectivity index (χ0v) is 17.7. The molecule has 0 radical (unpaired) electrons. The minimum atomic E-state index is -0.685. The summed E-state index contributed by atoms with van der Waals surface area (Å²) in [4.78, 5) is 41.7. The van der Waals surface area contributed by atoms with Crippen molar-refractivity contribution in [3.8, 4) is 0 Å². The lowest BCUT2D eigenvalue weighted by Crippen LogP contribution is -2.43. The van der Waals surface area contributed by atoms with Crippen molar-refractivity contribution in [2.24, 2.45) is 5.92 Å². The van der Waals surface area contributed by atoms with Crippen LogP contribution in [-0.4, -0.2) is 40.3 Å². The lowest BCUT2D eigenvalue weighted by Gasteiger charge is -2.19. The van der Waals surface area contributed by atoms with E-state index in [9.17, 15) is 14.4 Å². The average Bonchev–Trinajstić information content (AvgIpc) is 2.64. The Balaban J connectivity index is 2.20. The number of hydrogen-bond donors (Lipinski definition) is 1. The summed E-state index contributed by atoms with van der Waals surface area (Å²) in [6.45, 7) is 7.74. The molecule has 2 aromatic rings. The van der Waals surface area contributed by atoms with Gasteiger partial charge in [-0.05, 0) is 38.3 Å². The number of aromatic nitrogens is 2. The van der Waals surface area contributed by atoms with Gasteiger partial charge >= 0.3 is 5.97 Å². The van der Waals surface area contributed by atoms with Crippen molar-refractivity contribution in [2.75, 3.05) is 12.9 Å². The lowest BCUT2D eigenvalue weighted by atomic mass is 10.0. The first-order chi connectivity index (χ1) is 13.2. The second-order valence-corrected chi connectivity index (χ2v) is 8.18. The van der Waals surface area contributed by atoms with Crippen LogP contribution in [0.25, 0.3) is 10.9 Å². The monoisotopic (exact) mass is 405 g/mol. The second kappa shape index (κ2) is 9.73. The summed E-state index contributed by atoms with van der Waals surface area (Å²) in [5.41, 5.74) is 0.468. The zero-order valence-electron chi connectivity index (χ0n) is 16.9. The second-order valence-electron chi connectivity index (χ2n) is 7.24. The molecule has 1 N–H and O–H groups in total. The third-order valence-electron chi connectivity index (χ3n) is 4.15. The molecular weight excluding hydrogens is 378 g/mol. The fraction of sp³-hybridized carbons (Fsp3) is 0.500. The van der Waals surface area contributed by atoms with Gasteiger partial charge in [0.05, 0.1) is 23.8 Å². The Morgan fingerprint density at radius 3 is 2.50 bits per heavy atom. The van der Waals surface area contributed by atoms with Crippen molar-refractivity contribution >= 4 is 34.5 Å². The van der Waals surface area contributed by atoms with Crippen LogP contribution in [-0.2, 0) is 14.3 Å². The first-order valence-corrected chi connectivity index (χ1v) is 10.2. The fourth-order valence-corrected chi connectivity index (χ4v) is 3.82. The number of fused-ring (bicyclic) bond motifs is 1. The molecule has 0 saturated heterocycles. The van der Waals surface area contributed by atoms with Crippen molar-refractivity contribution in [1.82, 2.24) is 14.9 Å². The van der Waals surface area contributed by atoms with E-state index < -0.39 is 12.0 Å². The molecule has 152 valence electrons. The molecule has 1 aromatic heterocycles. The summed E-state index contributed by atoms with van der Waals surface area (Å²) in [5, 5.41) is 3.75.